The third-order valence-corrected chi connectivity index (χ3v) is 4.77. The molecule has 0 aliphatic rings. The molecule has 2 rings (SSSR count). The standard InChI is InChI=1S/C15H19N3O3S/c1-11-10-12(2)18(17-11)9-8-16-22(20,21)15-6-4-14(5-7-15)13(3)19/h4-7,10,16H,8-9H2,1-3H3. The normalized spacial score (nSPS) is 11.6. The van der Waals surface area contributed by atoms with Crippen molar-refractivity contribution in [3.8, 4) is 0 Å². The monoisotopic (exact) mass is 321 g/mol. The number of Topliss-reactive ketones (excluding diaryl/α,β-unsaturated/α-hetero) is 1. The molecule has 118 valence electrons. The van der Waals surface area contributed by atoms with Crippen molar-refractivity contribution in [3.05, 3.63) is 47.3 Å². The average molecular weight is 321 g/mol. The fourth-order valence-electron chi connectivity index (χ4n) is 2.14. The van der Waals surface area contributed by atoms with Gasteiger partial charge in [-0.15, -0.1) is 0 Å². The minimum Gasteiger partial charge on any atom is -0.295 e. The van der Waals surface area contributed by atoms with Crippen LogP contribution >= 0.6 is 0 Å². The Hall–Kier alpha value is -1.99. The van der Waals surface area contributed by atoms with Gasteiger partial charge in [-0.1, -0.05) is 12.1 Å². The minimum absolute atomic E-state index is 0.0959. The molecule has 6 nitrogen and oxygen atoms in total. The molecule has 2 aromatic rings. The van der Waals surface area contributed by atoms with Gasteiger partial charge in [-0.2, -0.15) is 5.10 Å². The summed E-state index contributed by atoms with van der Waals surface area (Å²) >= 11 is 0. The quantitative estimate of drug-likeness (QED) is 0.821. The second-order valence-electron chi connectivity index (χ2n) is 5.13. The van der Waals surface area contributed by atoms with Crippen LogP contribution in [-0.4, -0.2) is 30.5 Å². The van der Waals surface area contributed by atoms with Gasteiger partial charge in [0.15, 0.2) is 5.78 Å². The minimum atomic E-state index is -3.58. The van der Waals surface area contributed by atoms with E-state index >= 15 is 0 Å². The van der Waals surface area contributed by atoms with Gasteiger partial charge in [-0.25, -0.2) is 13.1 Å². The van der Waals surface area contributed by atoms with E-state index in [0.717, 1.165) is 11.4 Å². The number of aromatic nitrogens is 2. The molecule has 0 aliphatic heterocycles. The first kappa shape index (κ1) is 16.4. The fraction of sp³-hybridized carbons (Fsp3) is 0.333. The first-order valence-electron chi connectivity index (χ1n) is 6.91. The molecule has 1 aromatic carbocycles. The SMILES string of the molecule is CC(=O)c1ccc(S(=O)(=O)NCCn2nc(C)cc2C)cc1. The highest BCUT2D eigenvalue weighted by atomic mass is 32.2. The molecule has 1 heterocycles. The van der Waals surface area contributed by atoms with E-state index in [4.69, 9.17) is 0 Å². The molecule has 0 unspecified atom stereocenters. The summed E-state index contributed by atoms with van der Waals surface area (Å²) in [6, 6.07) is 7.83. The van der Waals surface area contributed by atoms with E-state index in [1.807, 2.05) is 19.9 Å². The van der Waals surface area contributed by atoms with Gasteiger partial charge in [0.2, 0.25) is 10.0 Å². The number of rotatable bonds is 6. The maximum absolute atomic E-state index is 12.2. The predicted molar refractivity (Wildman–Crippen MR) is 83.3 cm³/mol. The number of sulfonamides is 1. The second-order valence-corrected chi connectivity index (χ2v) is 6.90. The molecule has 0 saturated heterocycles. The van der Waals surface area contributed by atoms with Gasteiger partial charge in [0.25, 0.3) is 0 Å². The molecule has 0 radical (unpaired) electrons. The van der Waals surface area contributed by atoms with Crippen LogP contribution in [0.1, 0.15) is 28.7 Å². The second kappa shape index (κ2) is 6.41. The lowest BCUT2D eigenvalue weighted by atomic mass is 10.2. The third kappa shape index (κ3) is 3.80. The van der Waals surface area contributed by atoms with Gasteiger partial charge in [-0.05, 0) is 39.0 Å². The Balaban J connectivity index is 2.01. The summed E-state index contributed by atoms with van der Waals surface area (Å²) in [7, 11) is -3.58. The van der Waals surface area contributed by atoms with Crippen molar-refractivity contribution < 1.29 is 13.2 Å². The molecule has 22 heavy (non-hydrogen) atoms. The average Bonchev–Trinajstić information content (AvgIpc) is 2.77. The number of benzene rings is 1. The van der Waals surface area contributed by atoms with Crippen LogP contribution in [-0.2, 0) is 16.6 Å². The van der Waals surface area contributed by atoms with Crippen LogP contribution in [0, 0.1) is 13.8 Å². The highest BCUT2D eigenvalue weighted by molar-refractivity contribution is 7.89. The van der Waals surface area contributed by atoms with Crippen molar-refractivity contribution in [2.45, 2.75) is 32.2 Å². The molecule has 0 atom stereocenters. The first-order valence-corrected chi connectivity index (χ1v) is 8.39. The van der Waals surface area contributed by atoms with Crippen LogP contribution < -0.4 is 4.72 Å². The van der Waals surface area contributed by atoms with Crippen LogP contribution in [0.5, 0.6) is 0 Å². The summed E-state index contributed by atoms with van der Waals surface area (Å²) in [4.78, 5) is 11.3. The van der Waals surface area contributed by atoms with E-state index in [1.54, 1.807) is 4.68 Å². The number of carbonyl (C=O) groups excluding carboxylic acids is 1. The van der Waals surface area contributed by atoms with Crippen LogP contribution in [0.15, 0.2) is 35.2 Å². The Labute approximate surface area is 130 Å². The summed E-state index contributed by atoms with van der Waals surface area (Å²) in [5.41, 5.74) is 2.38. The number of ketones is 1. The summed E-state index contributed by atoms with van der Waals surface area (Å²) in [6.45, 7) is 5.97. The highest BCUT2D eigenvalue weighted by Crippen LogP contribution is 2.11. The molecular formula is C15H19N3O3S. The van der Waals surface area contributed by atoms with Crippen molar-refractivity contribution in [1.29, 1.82) is 0 Å². The molecule has 0 aliphatic carbocycles. The lowest BCUT2D eigenvalue weighted by Gasteiger charge is -2.08. The predicted octanol–water partition coefficient (Wildman–Crippen LogP) is 1.68. The smallest absolute Gasteiger partial charge is 0.240 e. The van der Waals surface area contributed by atoms with E-state index in [9.17, 15) is 13.2 Å². The molecule has 1 N–H and O–H groups in total. The van der Waals surface area contributed by atoms with Gasteiger partial charge in [-0.3, -0.25) is 9.48 Å². The van der Waals surface area contributed by atoms with E-state index in [2.05, 4.69) is 9.82 Å². The van der Waals surface area contributed by atoms with E-state index in [-0.39, 0.29) is 17.2 Å². The Morgan fingerprint density at radius 1 is 1.23 bits per heavy atom. The molecule has 7 heteroatoms. The Morgan fingerprint density at radius 3 is 2.36 bits per heavy atom. The topological polar surface area (TPSA) is 81.1 Å². The molecule has 1 aromatic heterocycles. The molecule has 0 amide bonds. The van der Waals surface area contributed by atoms with Gasteiger partial charge in [0, 0.05) is 17.8 Å². The number of aryl methyl sites for hydroxylation is 2. The van der Waals surface area contributed by atoms with Crippen LogP contribution in [0.2, 0.25) is 0 Å². The largest absolute Gasteiger partial charge is 0.295 e. The van der Waals surface area contributed by atoms with Crippen LogP contribution in [0.4, 0.5) is 0 Å². The summed E-state index contributed by atoms with van der Waals surface area (Å²) in [6.07, 6.45) is 0. The van der Waals surface area contributed by atoms with Crippen LogP contribution in [0.3, 0.4) is 0 Å². The lowest BCUT2D eigenvalue weighted by Crippen LogP contribution is -2.28. The summed E-state index contributed by atoms with van der Waals surface area (Å²) in [5, 5.41) is 4.28. The van der Waals surface area contributed by atoms with Crippen molar-refractivity contribution in [2.75, 3.05) is 6.54 Å². The van der Waals surface area contributed by atoms with Crippen molar-refractivity contribution in [3.63, 3.8) is 0 Å². The summed E-state index contributed by atoms with van der Waals surface area (Å²) in [5.74, 6) is -0.0959. The van der Waals surface area contributed by atoms with Gasteiger partial charge < -0.3 is 0 Å². The van der Waals surface area contributed by atoms with Gasteiger partial charge in [0.1, 0.15) is 0 Å². The first-order chi connectivity index (χ1) is 10.3. The van der Waals surface area contributed by atoms with Crippen molar-refractivity contribution >= 4 is 15.8 Å². The van der Waals surface area contributed by atoms with Crippen LogP contribution in [0.25, 0.3) is 0 Å². The van der Waals surface area contributed by atoms with Gasteiger partial charge >= 0.3 is 0 Å². The molecule has 0 fully saturated rings. The zero-order valence-electron chi connectivity index (χ0n) is 12.8. The zero-order valence-corrected chi connectivity index (χ0v) is 13.6. The number of carbonyl (C=O) groups is 1. The number of nitrogens with zero attached hydrogens (tertiary/aromatic N) is 2. The molecule has 0 bridgehead atoms. The van der Waals surface area contributed by atoms with Gasteiger partial charge in [0.05, 0.1) is 17.1 Å². The van der Waals surface area contributed by atoms with Crippen molar-refractivity contribution in [1.82, 2.24) is 14.5 Å². The maximum Gasteiger partial charge on any atom is 0.240 e. The third-order valence-electron chi connectivity index (χ3n) is 3.29. The van der Waals surface area contributed by atoms with E-state index in [1.165, 1.54) is 31.2 Å². The number of hydrogen-bond donors (Lipinski definition) is 1. The molecule has 0 saturated carbocycles. The number of hydrogen-bond acceptors (Lipinski definition) is 4. The fourth-order valence-corrected chi connectivity index (χ4v) is 3.16. The highest BCUT2D eigenvalue weighted by Gasteiger charge is 2.14. The Kier molecular flexibility index (Phi) is 4.77. The maximum atomic E-state index is 12.2. The summed E-state index contributed by atoms with van der Waals surface area (Å²) < 4.78 is 28.6. The Bertz CT molecular complexity index is 777. The lowest BCUT2D eigenvalue weighted by molar-refractivity contribution is 0.101. The number of nitrogens with one attached hydrogen (secondary N) is 1. The molecular weight excluding hydrogens is 302 g/mol. The zero-order chi connectivity index (χ0) is 16.3. The molecule has 0 spiro atoms. The Morgan fingerprint density at radius 2 is 1.86 bits per heavy atom. The van der Waals surface area contributed by atoms with E-state index < -0.39 is 10.0 Å². The van der Waals surface area contributed by atoms with Crippen molar-refractivity contribution in [2.24, 2.45) is 0 Å². The van der Waals surface area contributed by atoms with E-state index in [0.29, 0.717) is 12.1 Å².